The van der Waals surface area contributed by atoms with Gasteiger partial charge in [-0.1, -0.05) is 29.5 Å². The topological polar surface area (TPSA) is 63.8 Å². The van der Waals surface area contributed by atoms with Crippen LogP contribution in [0.2, 0.25) is 0 Å². The number of benzene rings is 2. The summed E-state index contributed by atoms with van der Waals surface area (Å²) in [5.41, 5.74) is 9.27. The van der Waals surface area contributed by atoms with Gasteiger partial charge in [0.2, 0.25) is 0 Å². The van der Waals surface area contributed by atoms with E-state index in [0.29, 0.717) is 0 Å². The molecule has 1 N–H and O–H groups in total. The Morgan fingerprint density at radius 2 is 1.91 bits per heavy atom. The Kier molecular flexibility index (Phi) is 5.27. The minimum atomic E-state index is 0.169. The Labute approximate surface area is 188 Å². The first-order valence-electron chi connectivity index (χ1n) is 11.0. The van der Waals surface area contributed by atoms with Crippen LogP contribution in [0.4, 0.5) is 5.69 Å². The summed E-state index contributed by atoms with van der Waals surface area (Å²) in [5.74, 6) is 0. The van der Waals surface area contributed by atoms with Crippen LogP contribution in [-0.2, 0) is 20.1 Å². The molecule has 3 heterocycles. The van der Waals surface area contributed by atoms with Crippen molar-refractivity contribution in [2.45, 2.75) is 32.5 Å². The summed E-state index contributed by atoms with van der Waals surface area (Å²) in [4.78, 5) is 2.18. The number of anilines is 1. The van der Waals surface area contributed by atoms with E-state index in [4.69, 9.17) is 0 Å². The van der Waals surface area contributed by atoms with Crippen LogP contribution in [0.3, 0.4) is 0 Å². The highest BCUT2D eigenvalue weighted by atomic mass is 15.4. The molecule has 1 unspecified atom stereocenters. The highest BCUT2D eigenvalue weighted by molar-refractivity contribution is 5.74. The molecule has 32 heavy (non-hydrogen) atoms. The van der Waals surface area contributed by atoms with Gasteiger partial charge < -0.3 is 10.2 Å². The number of nitrogens with one attached hydrogen (secondary N) is 1. The number of hydrogen-bond donors (Lipinski definition) is 1. The van der Waals surface area contributed by atoms with E-state index >= 15 is 0 Å². The number of aryl methyl sites for hydroxylation is 3. The van der Waals surface area contributed by atoms with Gasteiger partial charge in [0.05, 0.1) is 23.6 Å². The lowest BCUT2D eigenvalue weighted by Gasteiger charge is -2.21. The fourth-order valence-electron chi connectivity index (χ4n) is 4.54. The summed E-state index contributed by atoms with van der Waals surface area (Å²) in [6, 6.07) is 15.6. The lowest BCUT2D eigenvalue weighted by atomic mass is 9.93. The van der Waals surface area contributed by atoms with Crippen molar-refractivity contribution in [3.8, 4) is 22.4 Å². The molecule has 7 heteroatoms. The molecule has 1 aliphatic heterocycles. The summed E-state index contributed by atoms with van der Waals surface area (Å²) in [5, 5.41) is 16.9. The van der Waals surface area contributed by atoms with Gasteiger partial charge in [0, 0.05) is 43.1 Å². The van der Waals surface area contributed by atoms with Crippen LogP contribution >= 0.6 is 0 Å². The number of rotatable bonds is 5. The van der Waals surface area contributed by atoms with Gasteiger partial charge in [-0.15, -0.1) is 5.10 Å². The summed E-state index contributed by atoms with van der Waals surface area (Å²) >= 11 is 0. The van der Waals surface area contributed by atoms with Gasteiger partial charge in [-0.3, -0.25) is 4.68 Å². The minimum Gasteiger partial charge on any atom is -0.378 e. The lowest BCUT2D eigenvalue weighted by molar-refractivity contribution is 0.402. The molecule has 0 saturated heterocycles. The van der Waals surface area contributed by atoms with Crippen molar-refractivity contribution in [2.75, 3.05) is 19.4 Å². The van der Waals surface area contributed by atoms with Gasteiger partial charge in [-0.25, -0.2) is 4.68 Å². The van der Waals surface area contributed by atoms with E-state index in [1.54, 1.807) is 0 Å². The molecule has 0 saturated carbocycles. The molecule has 164 valence electrons. The van der Waals surface area contributed by atoms with Crippen LogP contribution < -0.4 is 5.32 Å². The molecule has 0 spiro atoms. The molecule has 4 aromatic rings. The normalized spacial score (nSPS) is 15.3. The zero-order valence-electron chi connectivity index (χ0n) is 19.1. The van der Waals surface area contributed by atoms with Crippen molar-refractivity contribution < 1.29 is 0 Å². The number of aromatic nitrogens is 5. The second-order valence-corrected chi connectivity index (χ2v) is 8.87. The van der Waals surface area contributed by atoms with Crippen molar-refractivity contribution in [3.63, 3.8) is 0 Å². The van der Waals surface area contributed by atoms with Gasteiger partial charge in [-0.2, -0.15) is 5.10 Å². The average Bonchev–Trinajstić information content (AvgIpc) is 3.33. The Bertz CT molecular complexity index is 1230. The third kappa shape index (κ3) is 3.91. The fourth-order valence-corrected chi connectivity index (χ4v) is 4.54. The van der Waals surface area contributed by atoms with Crippen LogP contribution in [0.5, 0.6) is 0 Å². The third-order valence-electron chi connectivity index (χ3n) is 6.05. The summed E-state index contributed by atoms with van der Waals surface area (Å²) in [7, 11) is 6.13. The third-order valence-corrected chi connectivity index (χ3v) is 6.05. The van der Waals surface area contributed by atoms with Gasteiger partial charge in [-0.05, 0) is 62.3 Å². The molecule has 0 radical (unpaired) electrons. The standard InChI is InChI=1S/C25H29N7/c1-17-25-22-10-7-19(20-14-26-31(4)16-20)13-23(22)24(11-12-32(25)29-28-17)27-21-8-5-18(6-9-21)15-30(2)3/h5-10,13-14,16,24,27H,11-12,15H2,1-4H3. The van der Waals surface area contributed by atoms with E-state index in [0.717, 1.165) is 42.1 Å². The highest BCUT2D eigenvalue weighted by Crippen LogP contribution is 2.39. The fraction of sp³-hybridized carbons (Fsp3) is 0.320. The maximum Gasteiger partial charge on any atom is 0.0918 e. The van der Waals surface area contributed by atoms with E-state index < -0.39 is 0 Å². The Morgan fingerprint density at radius 1 is 1.09 bits per heavy atom. The number of fused-ring (bicyclic) bond motifs is 3. The van der Waals surface area contributed by atoms with Gasteiger partial charge >= 0.3 is 0 Å². The molecule has 7 nitrogen and oxygen atoms in total. The number of nitrogens with zero attached hydrogens (tertiary/aromatic N) is 6. The monoisotopic (exact) mass is 427 g/mol. The second kappa shape index (κ2) is 8.24. The van der Waals surface area contributed by atoms with Crippen molar-refractivity contribution in [1.82, 2.24) is 29.7 Å². The SMILES string of the molecule is Cc1nnn2c1-c1ccc(-c3cnn(C)c3)cc1C(Nc1ccc(CN(C)C)cc1)CC2. The van der Waals surface area contributed by atoms with Crippen LogP contribution in [0.25, 0.3) is 22.4 Å². The Morgan fingerprint density at radius 3 is 2.62 bits per heavy atom. The molecule has 1 atom stereocenters. The minimum absolute atomic E-state index is 0.169. The summed E-state index contributed by atoms with van der Waals surface area (Å²) in [6.07, 6.45) is 4.90. The first-order chi connectivity index (χ1) is 15.5. The quantitative estimate of drug-likeness (QED) is 0.515. The van der Waals surface area contributed by atoms with Crippen molar-refractivity contribution >= 4 is 5.69 Å². The van der Waals surface area contributed by atoms with Crippen LogP contribution in [-0.4, -0.2) is 43.8 Å². The first kappa shape index (κ1) is 20.5. The zero-order valence-corrected chi connectivity index (χ0v) is 19.1. The highest BCUT2D eigenvalue weighted by Gasteiger charge is 2.25. The largest absolute Gasteiger partial charge is 0.378 e. The first-order valence-corrected chi connectivity index (χ1v) is 11.0. The van der Waals surface area contributed by atoms with E-state index in [1.807, 2.05) is 29.5 Å². The molecule has 0 bridgehead atoms. The molecule has 5 rings (SSSR count). The molecular formula is C25H29N7. The molecule has 0 aliphatic carbocycles. The predicted octanol–water partition coefficient (Wildman–Crippen LogP) is 4.27. The summed E-state index contributed by atoms with van der Waals surface area (Å²) < 4.78 is 3.88. The second-order valence-electron chi connectivity index (χ2n) is 8.87. The van der Waals surface area contributed by atoms with E-state index in [2.05, 4.69) is 88.4 Å². The molecule has 2 aromatic heterocycles. The van der Waals surface area contributed by atoms with E-state index in [9.17, 15) is 0 Å². The molecular weight excluding hydrogens is 398 g/mol. The Hall–Kier alpha value is -3.45. The van der Waals surface area contributed by atoms with Gasteiger partial charge in [0.15, 0.2) is 0 Å². The average molecular weight is 428 g/mol. The maximum absolute atomic E-state index is 4.40. The van der Waals surface area contributed by atoms with E-state index in [-0.39, 0.29) is 6.04 Å². The lowest BCUT2D eigenvalue weighted by Crippen LogP contribution is -2.13. The van der Waals surface area contributed by atoms with Crippen molar-refractivity contribution in [2.24, 2.45) is 7.05 Å². The maximum atomic E-state index is 4.40. The summed E-state index contributed by atoms with van der Waals surface area (Å²) in [6.45, 7) is 3.80. The predicted molar refractivity (Wildman–Crippen MR) is 127 cm³/mol. The van der Waals surface area contributed by atoms with Crippen LogP contribution in [0.15, 0.2) is 54.9 Å². The smallest absolute Gasteiger partial charge is 0.0918 e. The molecule has 1 aliphatic rings. The number of hydrogen-bond acceptors (Lipinski definition) is 5. The molecule has 0 amide bonds. The van der Waals surface area contributed by atoms with Crippen molar-refractivity contribution in [1.29, 1.82) is 0 Å². The van der Waals surface area contributed by atoms with Gasteiger partial charge in [0.25, 0.3) is 0 Å². The van der Waals surface area contributed by atoms with Crippen LogP contribution in [0, 0.1) is 6.92 Å². The molecule has 2 aromatic carbocycles. The van der Waals surface area contributed by atoms with Gasteiger partial charge in [0.1, 0.15) is 0 Å². The Balaban J connectivity index is 1.53. The molecule has 0 fully saturated rings. The zero-order chi connectivity index (χ0) is 22.2. The van der Waals surface area contributed by atoms with Crippen molar-refractivity contribution in [3.05, 3.63) is 71.7 Å². The van der Waals surface area contributed by atoms with Crippen LogP contribution in [0.1, 0.15) is 29.3 Å². The van der Waals surface area contributed by atoms with E-state index in [1.165, 1.54) is 22.3 Å².